The molecule has 5 heteroatoms. The molecule has 1 saturated heterocycles. The summed E-state index contributed by atoms with van der Waals surface area (Å²) in [5.41, 5.74) is 3.53. The van der Waals surface area contributed by atoms with E-state index in [1.807, 2.05) is 60.7 Å². The second-order valence-corrected chi connectivity index (χ2v) is 8.03. The molecule has 1 aliphatic heterocycles. The summed E-state index contributed by atoms with van der Waals surface area (Å²) in [7, 11) is 0. The summed E-state index contributed by atoms with van der Waals surface area (Å²) < 4.78 is 0. The summed E-state index contributed by atoms with van der Waals surface area (Å²) in [6, 6.07) is 26.3. The van der Waals surface area contributed by atoms with E-state index < -0.39 is 6.04 Å². The van der Waals surface area contributed by atoms with Crippen LogP contribution in [-0.2, 0) is 9.59 Å². The van der Waals surface area contributed by atoms with Crippen LogP contribution in [0.2, 0.25) is 0 Å². The number of nitrogens with zero attached hydrogens (tertiary/aromatic N) is 2. The predicted molar refractivity (Wildman–Crippen MR) is 121 cm³/mol. The molecule has 1 fully saturated rings. The highest BCUT2D eigenvalue weighted by atomic mass is 16.2. The Balaban J connectivity index is 1.56. The molecule has 1 heterocycles. The molecule has 2 amide bonds. The second-order valence-electron chi connectivity index (χ2n) is 8.03. The molecule has 0 N–H and O–H groups in total. The molecule has 3 aromatic rings. The van der Waals surface area contributed by atoms with Gasteiger partial charge >= 0.3 is 0 Å². The van der Waals surface area contributed by atoms with Crippen LogP contribution >= 0.6 is 0 Å². The lowest BCUT2D eigenvalue weighted by atomic mass is 9.80. The molecule has 1 aliphatic carbocycles. The molecular formula is C27H22N2O3. The lowest BCUT2D eigenvalue weighted by Crippen LogP contribution is -2.47. The smallest absolute Gasteiger partial charge is 0.251 e. The van der Waals surface area contributed by atoms with Gasteiger partial charge in [-0.2, -0.15) is 0 Å². The van der Waals surface area contributed by atoms with E-state index in [9.17, 15) is 14.4 Å². The maximum atomic E-state index is 13.1. The number of hydrazine groups is 1. The van der Waals surface area contributed by atoms with Crippen molar-refractivity contribution >= 4 is 23.7 Å². The Morgan fingerprint density at radius 3 is 2.22 bits per heavy atom. The minimum atomic E-state index is -0.416. The van der Waals surface area contributed by atoms with Gasteiger partial charge in [0.15, 0.2) is 5.78 Å². The van der Waals surface area contributed by atoms with Crippen LogP contribution in [-0.4, -0.2) is 34.2 Å². The van der Waals surface area contributed by atoms with Crippen LogP contribution in [0.25, 0.3) is 6.08 Å². The molecule has 0 spiro atoms. The summed E-state index contributed by atoms with van der Waals surface area (Å²) in [5, 5.41) is 2.86. The van der Waals surface area contributed by atoms with Crippen molar-refractivity contribution in [1.29, 1.82) is 0 Å². The fourth-order valence-corrected chi connectivity index (χ4v) is 4.57. The van der Waals surface area contributed by atoms with E-state index in [2.05, 4.69) is 12.2 Å². The van der Waals surface area contributed by atoms with Crippen molar-refractivity contribution in [2.75, 3.05) is 6.54 Å². The van der Waals surface area contributed by atoms with Gasteiger partial charge in [-0.3, -0.25) is 14.4 Å². The van der Waals surface area contributed by atoms with Crippen LogP contribution in [0.5, 0.6) is 0 Å². The average Bonchev–Trinajstić information content (AvgIpc) is 3.11. The molecule has 2 atom stereocenters. The second kappa shape index (κ2) is 8.27. The van der Waals surface area contributed by atoms with E-state index in [-0.39, 0.29) is 36.5 Å². The zero-order valence-electron chi connectivity index (χ0n) is 17.4. The Bertz CT molecular complexity index is 1200. The maximum absolute atomic E-state index is 13.1. The maximum Gasteiger partial charge on any atom is 0.251 e. The fraction of sp³-hybridized carbons (Fsp3) is 0.148. The molecular weight excluding hydrogens is 400 g/mol. The van der Waals surface area contributed by atoms with Gasteiger partial charge in [-0.1, -0.05) is 97.1 Å². The van der Waals surface area contributed by atoms with Crippen LogP contribution in [0.3, 0.4) is 0 Å². The number of fused-ring (bicyclic) bond motifs is 1. The van der Waals surface area contributed by atoms with Crippen molar-refractivity contribution < 1.29 is 14.4 Å². The zero-order valence-corrected chi connectivity index (χ0v) is 17.4. The first-order valence-electron chi connectivity index (χ1n) is 10.7. The molecule has 0 bridgehead atoms. The third kappa shape index (κ3) is 3.52. The first kappa shape index (κ1) is 19.9. The van der Waals surface area contributed by atoms with E-state index in [0.29, 0.717) is 5.56 Å². The fourth-order valence-electron chi connectivity index (χ4n) is 4.57. The van der Waals surface area contributed by atoms with Crippen molar-refractivity contribution in [2.24, 2.45) is 0 Å². The quantitative estimate of drug-likeness (QED) is 0.452. The molecule has 5 nitrogen and oxygen atoms in total. The van der Waals surface area contributed by atoms with Gasteiger partial charge in [-0.25, -0.2) is 10.0 Å². The van der Waals surface area contributed by atoms with E-state index in [0.717, 1.165) is 16.7 Å². The van der Waals surface area contributed by atoms with Gasteiger partial charge in [0.05, 0.1) is 6.04 Å². The Morgan fingerprint density at radius 1 is 0.812 bits per heavy atom. The Hall–Kier alpha value is -3.99. The van der Waals surface area contributed by atoms with E-state index in [1.165, 1.54) is 10.0 Å². The highest BCUT2D eigenvalue weighted by molar-refractivity contribution is 6.06. The average molecular weight is 422 g/mol. The van der Waals surface area contributed by atoms with Gasteiger partial charge in [0, 0.05) is 11.5 Å². The number of rotatable bonds is 5. The van der Waals surface area contributed by atoms with Crippen LogP contribution in [0, 0.1) is 0 Å². The molecule has 5 rings (SSSR count). The van der Waals surface area contributed by atoms with Crippen molar-refractivity contribution in [1.82, 2.24) is 10.0 Å². The van der Waals surface area contributed by atoms with Gasteiger partial charge in [-0.15, -0.1) is 0 Å². The summed E-state index contributed by atoms with van der Waals surface area (Å²) in [6.45, 7) is -0.168. The topological polar surface area (TPSA) is 57.7 Å². The number of hydrogen-bond donors (Lipinski definition) is 0. The Kier molecular flexibility index (Phi) is 5.15. The normalized spacial score (nSPS) is 19.9. The number of carbonyl (C=O) groups excluding carboxylic acids is 3. The molecule has 0 radical (unpaired) electrons. The summed E-state index contributed by atoms with van der Waals surface area (Å²) in [5.74, 6) is -0.977. The van der Waals surface area contributed by atoms with Crippen LogP contribution < -0.4 is 0 Å². The van der Waals surface area contributed by atoms with Crippen molar-refractivity contribution in [3.05, 3.63) is 113 Å². The molecule has 3 aromatic carbocycles. The lowest BCUT2D eigenvalue weighted by molar-refractivity contribution is -0.151. The summed E-state index contributed by atoms with van der Waals surface area (Å²) in [6.07, 6.45) is 3.91. The summed E-state index contributed by atoms with van der Waals surface area (Å²) in [4.78, 5) is 38.9. The Morgan fingerprint density at radius 2 is 1.47 bits per heavy atom. The number of benzene rings is 3. The van der Waals surface area contributed by atoms with Gasteiger partial charge in [0.1, 0.15) is 13.0 Å². The lowest BCUT2D eigenvalue weighted by Gasteiger charge is -2.40. The first-order chi connectivity index (χ1) is 15.6. The number of Topliss-reactive ketones (excluding diaryl/α,β-unsaturated/α-hetero) is 1. The van der Waals surface area contributed by atoms with Gasteiger partial charge in [0.25, 0.3) is 11.8 Å². The van der Waals surface area contributed by atoms with Crippen LogP contribution in [0.4, 0.5) is 0 Å². The van der Waals surface area contributed by atoms with Gasteiger partial charge in [-0.05, 0) is 16.7 Å². The number of carbonyl (C=O) groups is 3. The summed E-state index contributed by atoms with van der Waals surface area (Å²) >= 11 is 0. The van der Waals surface area contributed by atoms with Gasteiger partial charge in [0.2, 0.25) is 0 Å². The molecule has 2 aliphatic rings. The van der Waals surface area contributed by atoms with Crippen molar-refractivity contribution in [3.8, 4) is 0 Å². The molecule has 0 saturated carbocycles. The molecule has 0 aromatic heterocycles. The number of amides is 2. The molecule has 158 valence electrons. The molecule has 0 unspecified atom stereocenters. The zero-order chi connectivity index (χ0) is 22.1. The first-order valence-corrected chi connectivity index (χ1v) is 10.7. The number of hydrogen-bond acceptors (Lipinski definition) is 3. The monoisotopic (exact) mass is 422 g/mol. The standard InChI is InChI=1S/C27H22N2O3/c30-24(21-12-5-2-6-13-21)18-28-25(31)17-26(32)29(28)27-22-14-8-7-11-20(22)15-16-23(27)19-9-3-1-4-10-19/h1-16,23,27H,17-18H2/t23-,27+/m1/s1. The minimum Gasteiger partial charge on any atom is -0.292 e. The van der Waals surface area contributed by atoms with Crippen molar-refractivity contribution in [2.45, 2.75) is 18.4 Å². The highest BCUT2D eigenvalue weighted by Gasteiger charge is 2.45. The SMILES string of the molecule is O=C(CN1C(=O)CC(=O)N1[C@H]1c2ccccc2C=C[C@@H]1c1ccccc1)c1ccccc1. The largest absolute Gasteiger partial charge is 0.292 e. The minimum absolute atomic E-state index is 0.143. The van der Waals surface area contributed by atoms with Crippen molar-refractivity contribution in [3.63, 3.8) is 0 Å². The Labute approximate surface area is 186 Å². The predicted octanol–water partition coefficient (Wildman–Crippen LogP) is 4.40. The highest BCUT2D eigenvalue weighted by Crippen LogP contribution is 2.44. The third-order valence-electron chi connectivity index (χ3n) is 6.08. The number of ketones is 1. The van der Waals surface area contributed by atoms with Crippen LogP contribution in [0.1, 0.15) is 45.4 Å². The van der Waals surface area contributed by atoms with E-state index in [4.69, 9.17) is 0 Å². The van der Waals surface area contributed by atoms with Gasteiger partial charge < -0.3 is 0 Å². The van der Waals surface area contributed by atoms with E-state index in [1.54, 1.807) is 24.3 Å². The van der Waals surface area contributed by atoms with E-state index >= 15 is 0 Å². The molecule has 32 heavy (non-hydrogen) atoms. The third-order valence-corrected chi connectivity index (χ3v) is 6.08. The van der Waals surface area contributed by atoms with Crippen LogP contribution in [0.15, 0.2) is 91.0 Å².